The van der Waals surface area contributed by atoms with Gasteiger partial charge in [-0.2, -0.15) is 13.2 Å². The van der Waals surface area contributed by atoms with Gasteiger partial charge in [-0.15, -0.1) is 0 Å². The van der Waals surface area contributed by atoms with Crippen LogP contribution in [0.15, 0.2) is 12.4 Å². The third kappa shape index (κ3) is 6.38. The fourth-order valence-electron chi connectivity index (χ4n) is 2.06. The van der Waals surface area contributed by atoms with E-state index in [1.807, 2.05) is 25.7 Å². The third-order valence-corrected chi connectivity index (χ3v) is 2.63. The van der Waals surface area contributed by atoms with E-state index in [4.69, 9.17) is 5.11 Å². The van der Waals surface area contributed by atoms with Gasteiger partial charge in [-0.3, -0.25) is 4.90 Å². The summed E-state index contributed by atoms with van der Waals surface area (Å²) in [7, 11) is 0. The van der Waals surface area contributed by atoms with Gasteiger partial charge in [0.05, 0.1) is 13.2 Å². The summed E-state index contributed by atoms with van der Waals surface area (Å²) in [5.74, 6) is 0.361. The first-order chi connectivity index (χ1) is 9.11. The molecule has 0 saturated heterocycles. The van der Waals surface area contributed by atoms with Crippen molar-refractivity contribution in [3.05, 3.63) is 18.2 Å². The van der Waals surface area contributed by atoms with Crippen LogP contribution >= 0.6 is 0 Å². The molecule has 0 aliphatic heterocycles. The maximum Gasteiger partial charge on any atom is 0.406 e. The summed E-state index contributed by atoms with van der Waals surface area (Å²) in [6, 6.07) is 0. The van der Waals surface area contributed by atoms with E-state index in [1.165, 1.54) is 12.4 Å². The summed E-state index contributed by atoms with van der Waals surface area (Å²) in [4.78, 5) is 5.90. The van der Waals surface area contributed by atoms with Crippen molar-refractivity contribution in [3.8, 4) is 0 Å². The van der Waals surface area contributed by atoms with Crippen LogP contribution in [0.1, 0.15) is 26.6 Å². The zero-order valence-electron chi connectivity index (χ0n) is 12.1. The lowest BCUT2D eigenvalue weighted by atomic mass is 9.96. The molecule has 0 saturated carbocycles. The summed E-state index contributed by atoms with van der Waals surface area (Å²) < 4.78 is 38.5. The molecule has 116 valence electrons. The zero-order chi connectivity index (χ0) is 15.4. The molecule has 0 bridgehead atoms. The summed E-state index contributed by atoms with van der Waals surface area (Å²) in [6.07, 6.45) is -1.56. The van der Waals surface area contributed by atoms with Crippen molar-refractivity contribution in [2.24, 2.45) is 5.41 Å². The number of hydrogen-bond donors (Lipinski definition) is 1. The Morgan fingerprint density at radius 2 is 1.95 bits per heavy atom. The van der Waals surface area contributed by atoms with Crippen LogP contribution in [0.2, 0.25) is 0 Å². The van der Waals surface area contributed by atoms with Gasteiger partial charge in [0.1, 0.15) is 12.4 Å². The van der Waals surface area contributed by atoms with Crippen LogP contribution < -0.4 is 0 Å². The Hall–Kier alpha value is -1.08. The van der Waals surface area contributed by atoms with Crippen LogP contribution in [-0.4, -0.2) is 45.4 Å². The quantitative estimate of drug-likeness (QED) is 0.875. The van der Waals surface area contributed by atoms with Crippen molar-refractivity contribution in [1.29, 1.82) is 0 Å². The Labute approximate surface area is 117 Å². The SMILES string of the molecule is CC(C)(C)CN(CCO)Cc1nccn1CC(F)(F)F. The molecule has 1 aromatic rings. The molecule has 0 radical (unpaired) electrons. The average Bonchev–Trinajstić information content (AvgIpc) is 2.60. The largest absolute Gasteiger partial charge is 0.406 e. The summed E-state index contributed by atoms with van der Waals surface area (Å²) >= 11 is 0. The first kappa shape index (κ1) is 17.0. The van der Waals surface area contributed by atoms with Crippen molar-refractivity contribution in [2.45, 2.75) is 40.0 Å². The van der Waals surface area contributed by atoms with Gasteiger partial charge in [-0.05, 0) is 5.41 Å². The van der Waals surface area contributed by atoms with Crippen molar-refractivity contribution in [3.63, 3.8) is 0 Å². The highest BCUT2D eigenvalue weighted by atomic mass is 19.4. The van der Waals surface area contributed by atoms with Gasteiger partial charge in [0.25, 0.3) is 0 Å². The molecule has 0 atom stereocenters. The molecule has 0 spiro atoms. The second kappa shape index (κ2) is 6.58. The molecular weight excluding hydrogens is 271 g/mol. The molecule has 20 heavy (non-hydrogen) atoms. The second-order valence-corrected chi connectivity index (χ2v) is 6.08. The number of alkyl halides is 3. The predicted molar refractivity (Wildman–Crippen MR) is 70.1 cm³/mol. The standard InChI is InChI=1S/C13H22F3N3O/c1-12(2,3)9-18(6-7-20)8-11-17-4-5-19(11)10-13(14,15)16/h4-5,20H,6-10H2,1-3H3. The molecule has 0 fully saturated rings. The molecule has 4 nitrogen and oxygen atoms in total. The smallest absolute Gasteiger partial charge is 0.395 e. The van der Waals surface area contributed by atoms with E-state index in [9.17, 15) is 13.2 Å². The van der Waals surface area contributed by atoms with E-state index < -0.39 is 12.7 Å². The summed E-state index contributed by atoms with van der Waals surface area (Å²) in [5.41, 5.74) is -0.00335. The molecule has 0 unspecified atom stereocenters. The highest BCUT2D eigenvalue weighted by molar-refractivity contribution is 4.93. The first-order valence-corrected chi connectivity index (χ1v) is 6.51. The lowest BCUT2D eigenvalue weighted by molar-refractivity contribution is -0.141. The molecule has 0 aliphatic rings. The maximum atomic E-state index is 12.5. The van der Waals surface area contributed by atoms with Crippen LogP contribution in [-0.2, 0) is 13.1 Å². The van der Waals surface area contributed by atoms with Gasteiger partial charge in [0.2, 0.25) is 0 Å². The molecule has 1 N–H and O–H groups in total. The minimum absolute atomic E-state index is 0.00335. The van der Waals surface area contributed by atoms with E-state index in [1.54, 1.807) is 0 Å². The van der Waals surface area contributed by atoms with E-state index in [-0.39, 0.29) is 12.0 Å². The predicted octanol–water partition coefficient (Wildman–Crippen LogP) is 2.29. The molecule has 7 heteroatoms. The molecule has 1 heterocycles. The van der Waals surface area contributed by atoms with E-state index in [2.05, 4.69) is 4.98 Å². The molecule has 0 aromatic carbocycles. The zero-order valence-corrected chi connectivity index (χ0v) is 12.1. The van der Waals surface area contributed by atoms with Gasteiger partial charge < -0.3 is 9.67 Å². The Morgan fingerprint density at radius 3 is 2.45 bits per heavy atom. The van der Waals surface area contributed by atoms with Crippen LogP contribution in [0.25, 0.3) is 0 Å². The fraction of sp³-hybridized carbons (Fsp3) is 0.769. The van der Waals surface area contributed by atoms with E-state index >= 15 is 0 Å². The van der Waals surface area contributed by atoms with Crippen LogP contribution in [0.5, 0.6) is 0 Å². The Balaban J connectivity index is 2.76. The second-order valence-electron chi connectivity index (χ2n) is 6.08. The van der Waals surface area contributed by atoms with Crippen LogP contribution in [0.3, 0.4) is 0 Å². The number of aromatic nitrogens is 2. The van der Waals surface area contributed by atoms with Gasteiger partial charge in [-0.25, -0.2) is 4.98 Å². The van der Waals surface area contributed by atoms with Crippen LogP contribution in [0.4, 0.5) is 13.2 Å². The minimum Gasteiger partial charge on any atom is -0.395 e. The molecule has 1 rings (SSSR count). The Morgan fingerprint density at radius 1 is 1.30 bits per heavy atom. The lowest BCUT2D eigenvalue weighted by Crippen LogP contribution is -2.35. The first-order valence-electron chi connectivity index (χ1n) is 6.51. The topological polar surface area (TPSA) is 41.3 Å². The third-order valence-electron chi connectivity index (χ3n) is 2.63. The number of halogens is 3. The molecular formula is C13H22F3N3O. The maximum absolute atomic E-state index is 12.5. The summed E-state index contributed by atoms with van der Waals surface area (Å²) in [6.45, 7) is 6.43. The number of imidazole rings is 1. The average molecular weight is 293 g/mol. The number of aliphatic hydroxyl groups is 1. The molecule has 1 aromatic heterocycles. The Bertz CT molecular complexity index is 410. The highest BCUT2D eigenvalue weighted by Gasteiger charge is 2.29. The van der Waals surface area contributed by atoms with Gasteiger partial charge in [-0.1, -0.05) is 20.8 Å². The fourth-order valence-corrected chi connectivity index (χ4v) is 2.06. The van der Waals surface area contributed by atoms with Gasteiger partial charge >= 0.3 is 6.18 Å². The Kier molecular flexibility index (Phi) is 5.59. The number of rotatable bonds is 6. The van der Waals surface area contributed by atoms with E-state index in [0.29, 0.717) is 25.5 Å². The van der Waals surface area contributed by atoms with Gasteiger partial charge in [0.15, 0.2) is 0 Å². The van der Waals surface area contributed by atoms with Crippen molar-refractivity contribution in [2.75, 3.05) is 19.7 Å². The van der Waals surface area contributed by atoms with Crippen LogP contribution in [0, 0.1) is 5.41 Å². The highest BCUT2D eigenvalue weighted by Crippen LogP contribution is 2.20. The monoisotopic (exact) mass is 293 g/mol. The number of nitrogens with zero attached hydrogens (tertiary/aromatic N) is 3. The normalized spacial score (nSPS) is 13.2. The van der Waals surface area contributed by atoms with E-state index in [0.717, 1.165) is 4.57 Å². The summed E-state index contributed by atoms with van der Waals surface area (Å²) in [5, 5.41) is 9.07. The molecule has 0 aliphatic carbocycles. The molecule has 0 amide bonds. The number of aliphatic hydroxyl groups excluding tert-OH is 1. The van der Waals surface area contributed by atoms with Gasteiger partial charge in [0, 0.05) is 25.5 Å². The van der Waals surface area contributed by atoms with Crippen molar-refractivity contribution in [1.82, 2.24) is 14.5 Å². The minimum atomic E-state index is -4.26. The van der Waals surface area contributed by atoms with Crippen molar-refractivity contribution >= 4 is 0 Å². The number of hydrogen-bond acceptors (Lipinski definition) is 3. The lowest BCUT2D eigenvalue weighted by Gasteiger charge is -2.29. The van der Waals surface area contributed by atoms with Crippen molar-refractivity contribution < 1.29 is 18.3 Å².